The first-order valence-electron chi connectivity index (χ1n) is 11.6. The van der Waals surface area contributed by atoms with Gasteiger partial charge in [-0.15, -0.1) is 11.3 Å². The van der Waals surface area contributed by atoms with Crippen LogP contribution in [0.4, 0.5) is 0 Å². The molecule has 4 nitrogen and oxygen atoms in total. The molecule has 1 aromatic carbocycles. The van der Waals surface area contributed by atoms with E-state index in [4.69, 9.17) is 0 Å². The Kier molecular flexibility index (Phi) is 6.77. The molecule has 2 amide bonds. The summed E-state index contributed by atoms with van der Waals surface area (Å²) < 4.78 is 1.20. The molecule has 2 N–H and O–H groups in total. The van der Waals surface area contributed by atoms with Crippen LogP contribution in [0.25, 0.3) is 10.1 Å². The maximum absolute atomic E-state index is 13.5. The SMILES string of the molecule is CC(Cc1cc2ccccc2s1)(C(=O)NC1CCCCC1)C(=O)NC1CCCCC1. The predicted octanol–water partition coefficient (Wildman–Crippen LogP) is 5.35. The molecule has 4 rings (SSSR count). The smallest absolute Gasteiger partial charge is 0.236 e. The van der Waals surface area contributed by atoms with Crippen molar-refractivity contribution >= 4 is 33.2 Å². The van der Waals surface area contributed by atoms with E-state index in [2.05, 4.69) is 28.8 Å². The minimum atomic E-state index is -1.09. The molecule has 0 radical (unpaired) electrons. The Morgan fingerprint density at radius 1 is 0.900 bits per heavy atom. The number of carbonyl (C=O) groups excluding carboxylic acids is 2. The third-order valence-electron chi connectivity index (χ3n) is 6.89. The maximum atomic E-state index is 13.5. The lowest BCUT2D eigenvalue weighted by molar-refractivity contribution is -0.143. The van der Waals surface area contributed by atoms with Crippen molar-refractivity contribution in [1.82, 2.24) is 10.6 Å². The highest BCUT2D eigenvalue weighted by molar-refractivity contribution is 7.19. The monoisotopic (exact) mass is 426 g/mol. The van der Waals surface area contributed by atoms with E-state index >= 15 is 0 Å². The largest absolute Gasteiger partial charge is 0.352 e. The Hall–Kier alpha value is -1.88. The van der Waals surface area contributed by atoms with Crippen LogP contribution in [0.3, 0.4) is 0 Å². The van der Waals surface area contributed by atoms with E-state index in [1.54, 1.807) is 11.3 Å². The minimum absolute atomic E-state index is 0.111. The van der Waals surface area contributed by atoms with Gasteiger partial charge in [-0.1, -0.05) is 56.7 Å². The van der Waals surface area contributed by atoms with Crippen molar-refractivity contribution in [3.05, 3.63) is 35.2 Å². The molecule has 0 aliphatic heterocycles. The van der Waals surface area contributed by atoms with Crippen LogP contribution in [0.15, 0.2) is 30.3 Å². The first-order chi connectivity index (χ1) is 14.5. The summed E-state index contributed by atoms with van der Waals surface area (Å²) in [6.45, 7) is 1.84. The third-order valence-corrected chi connectivity index (χ3v) is 8.00. The van der Waals surface area contributed by atoms with Gasteiger partial charge in [0.2, 0.25) is 11.8 Å². The molecule has 2 aromatic rings. The number of amides is 2. The van der Waals surface area contributed by atoms with Crippen molar-refractivity contribution in [2.24, 2.45) is 5.41 Å². The summed E-state index contributed by atoms with van der Waals surface area (Å²) in [4.78, 5) is 28.0. The number of rotatable bonds is 6. The van der Waals surface area contributed by atoms with Crippen LogP contribution < -0.4 is 10.6 Å². The molecular formula is C25H34N2O2S. The zero-order chi connectivity index (χ0) is 21.0. The summed E-state index contributed by atoms with van der Waals surface area (Å²) in [6, 6.07) is 10.8. The summed E-state index contributed by atoms with van der Waals surface area (Å²) in [6.07, 6.45) is 11.7. The fourth-order valence-electron chi connectivity index (χ4n) is 4.92. The molecule has 0 saturated heterocycles. The van der Waals surface area contributed by atoms with Gasteiger partial charge in [-0.05, 0) is 50.1 Å². The van der Waals surface area contributed by atoms with E-state index < -0.39 is 5.41 Å². The van der Waals surface area contributed by atoms with E-state index in [1.165, 1.54) is 22.9 Å². The molecule has 162 valence electrons. The van der Waals surface area contributed by atoms with Crippen LogP contribution in [0.5, 0.6) is 0 Å². The second kappa shape index (κ2) is 9.51. The van der Waals surface area contributed by atoms with Crippen LogP contribution in [0.2, 0.25) is 0 Å². The lowest BCUT2D eigenvalue weighted by Gasteiger charge is -2.33. The highest BCUT2D eigenvalue weighted by Crippen LogP contribution is 2.33. The first-order valence-corrected chi connectivity index (χ1v) is 12.5. The Morgan fingerprint density at radius 2 is 1.43 bits per heavy atom. The Labute approximate surface area is 183 Å². The summed E-state index contributed by atoms with van der Waals surface area (Å²) in [5, 5.41) is 7.65. The highest BCUT2D eigenvalue weighted by atomic mass is 32.1. The molecule has 2 fully saturated rings. The van der Waals surface area contributed by atoms with Crippen LogP contribution in [0.1, 0.15) is 76.0 Å². The highest BCUT2D eigenvalue weighted by Gasteiger charge is 2.43. The van der Waals surface area contributed by atoms with E-state index in [9.17, 15) is 9.59 Å². The first kappa shape index (κ1) is 21.4. The van der Waals surface area contributed by atoms with Crippen molar-refractivity contribution in [3.8, 4) is 0 Å². The number of benzene rings is 1. The molecule has 1 aromatic heterocycles. The summed E-state index contributed by atoms with van der Waals surface area (Å²) >= 11 is 1.69. The van der Waals surface area contributed by atoms with E-state index in [1.807, 2.05) is 19.1 Å². The van der Waals surface area contributed by atoms with Crippen molar-refractivity contribution in [2.45, 2.75) is 89.6 Å². The van der Waals surface area contributed by atoms with Crippen LogP contribution >= 0.6 is 11.3 Å². The molecule has 1 heterocycles. The second-order valence-corrected chi connectivity index (χ2v) is 10.5. The van der Waals surface area contributed by atoms with Crippen molar-refractivity contribution in [3.63, 3.8) is 0 Å². The minimum Gasteiger partial charge on any atom is -0.352 e. The van der Waals surface area contributed by atoms with Gasteiger partial charge < -0.3 is 10.6 Å². The summed E-state index contributed by atoms with van der Waals surface area (Å²) in [5.74, 6) is -0.222. The van der Waals surface area contributed by atoms with Gasteiger partial charge in [0.25, 0.3) is 0 Å². The van der Waals surface area contributed by atoms with Gasteiger partial charge in [-0.2, -0.15) is 0 Å². The van der Waals surface area contributed by atoms with E-state index in [0.717, 1.165) is 56.2 Å². The lowest BCUT2D eigenvalue weighted by Crippen LogP contribution is -2.55. The van der Waals surface area contributed by atoms with E-state index in [-0.39, 0.29) is 23.9 Å². The number of carbonyl (C=O) groups is 2. The molecule has 0 unspecified atom stereocenters. The quantitative estimate of drug-likeness (QED) is 0.612. The molecule has 2 aliphatic carbocycles. The molecule has 5 heteroatoms. The zero-order valence-electron chi connectivity index (χ0n) is 18.0. The van der Waals surface area contributed by atoms with Crippen molar-refractivity contribution in [1.29, 1.82) is 0 Å². The predicted molar refractivity (Wildman–Crippen MR) is 124 cm³/mol. The molecule has 2 saturated carbocycles. The number of nitrogens with one attached hydrogen (secondary N) is 2. The van der Waals surface area contributed by atoms with Crippen LogP contribution in [-0.4, -0.2) is 23.9 Å². The van der Waals surface area contributed by atoms with Crippen LogP contribution in [-0.2, 0) is 16.0 Å². The van der Waals surface area contributed by atoms with Crippen molar-refractivity contribution < 1.29 is 9.59 Å². The zero-order valence-corrected chi connectivity index (χ0v) is 18.9. The van der Waals surface area contributed by atoms with E-state index in [0.29, 0.717) is 6.42 Å². The summed E-state index contributed by atoms with van der Waals surface area (Å²) in [5.41, 5.74) is -1.09. The molecule has 2 aliphatic rings. The van der Waals surface area contributed by atoms with Gasteiger partial charge in [0.05, 0.1) is 0 Å². The molecule has 30 heavy (non-hydrogen) atoms. The van der Waals surface area contributed by atoms with Gasteiger partial charge in [0.1, 0.15) is 5.41 Å². The Bertz CT molecular complexity index is 813. The van der Waals surface area contributed by atoms with Crippen molar-refractivity contribution in [2.75, 3.05) is 0 Å². The number of hydrogen-bond donors (Lipinski definition) is 2. The molecule has 0 atom stereocenters. The topological polar surface area (TPSA) is 58.2 Å². The van der Waals surface area contributed by atoms with Gasteiger partial charge in [-0.3, -0.25) is 9.59 Å². The van der Waals surface area contributed by atoms with Gasteiger partial charge in [-0.25, -0.2) is 0 Å². The van der Waals surface area contributed by atoms with Crippen LogP contribution in [0, 0.1) is 5.41 Å². The number of fused-ring (bicyclic) bond motifs is 1. The Balaban J connectivity index is 1.55. The number of hydrogen-bond acceptors (Lipinski definition) is 3. The molecule has 0 bridgehead atoms. The average molecular weight is 427 g/mol. The standard InChI is InChI=1S/C25H34N2O2S/c1-25(23(28)26-19-11-4-2-5-12-19,24(29)27-20-13-6-3-7-14-20)17-21-16-18-10-8-9-15-22(18)30-21/h8-10,15-16,19-20H,2-7,11-14,17H2,1H3,(H,26,28)(H,27,29). The second-order valence-electron chi connectivity index (χ2n) is 9.38. The number of thiophene rings is 1. The fraction of sp³-hybridized carbons (Fsp3) is 0.600. The van der Waals surface area contributed by atoms with Gasteiger partial charge in [0, 0.05) is 28.1 Å². The Morgan fingerprint density at radius 3 is 1.97 bits per heavy atom. The average Bonchev–Trinajstić information content (AvgIpc) is 3.17. The maximum Gasteiger partial charge on any atom is 0.236 e. The summed E-state index contributed by atoms with van der Waals surface area (Å²) in [7, 11) is 0. The molecule has 0 spiro atoms. The third kappa shape index (κ3) is 4.88. The fourth-order valence-corrected chi connectivity index (χ4v) is 6.14. The van der Waals surface area contributed by atoms with Gasteiger partial charge in [0.15, 0.2) is 0 Å². The normalized spacial score (nSPS) is 19.0. The van der Waals surface area contributed by atoms with Gasteiger partial charge >= 0.3 is 0 Å². The lowest BCUT2D eigenvalue weighted by atomic mass is 9.82. The molecular weight excluding hydrogens is 392 g/mol.